The molecule has 1 heterocycles. The summed E-state index contributed by atoms with van der Waals surface area (Å²) in [5, 5.41) is 12.3. The maximum absolute atomic E-state index is 12.1. The zero-order valence-corrected chi connectivity index (χ0v) is 10.7. The lowest BCUT2D eigenvalue weighted by Gasteiger charge is -2.25. The second kappa shape index (κ2) is 5.26. The van der Waals surface area contributed by atoms with E-state index >= 15 is 0 Å². The maximum Gasteiger partial charge on any atom is 0.288 e. The molecular weight excluding hydrogens is 228 g/mol. The molecule has 0 aliphatic heterocycles. The maximum atomic E-state index is 12.1. The topological polar surface area (TPSA) is 66.0 Å². The lowest BCUT2D eigenvalue weighted by molar-refractivity contribution is 0.0883. The molecule has 0 unspecified atom stereocenters. The van der Waals surface area contributed by atoms with E-state index in [1.165, 1.54) is 6.26 Å². The van der Waals surface area contributed by atoms with Gasteiger partial charge in [-0.2, -0.15) is 5.26 Å². The van der Waals surface area contributed by atoms with Crippen LogP contribution in [0.25, 0.3) is 0 Å². The van der Waals surface area contributed by atoms with E-state index in [1.54, 1.807) is 6.07 Å². The first-order valence-corrected chi connectivity index (χ1v) is 6.45. The Balaban J connectivity index is 2.13. The first-order valence-electron chi connectivity index (χ1n) is 6.45. The molecule has 0 aromatic carbocycles. The highest BCUT2D eigenvalue weighted by atomic mass is 16.3. The van der Waals surface area contributed by atoms with Crippen LogP contribution in [0.2, 0.25) is 0 Å². The third-order valence-electron chi connectivity index (χ3n) is 3.59. The zero-order chi connectivity index (χ0) is 13.0. The van der Waals surface area contributed by atoms with Gasteiger partial charge in [0, 0.05) is 5.56 Å². The van der Waals surface area contributed by atoms with Crippen molar-refractivity contribution >= 4 is 5.91 Å². The molecule has 1 aliphatic carbocycles. The van der Waals surface area contributed by atoms with Crippen LogP contribution < -0.4 is 5.32 Å². The van der Waals surface area contributed by atoms with Gasteiger partial charge in [0.2, 0.25) is 0 Å². The largest absolute Gasteiger partial charge is 0.459 e. The van der Waals surface area contributed by atoms with Gasteiger partial charge in [0.15, 0.2) is 5.76 Å². The quantitative estimate of drug-likeness (QED) is 0.816. The number of carbonyl (C=O) groups is 1. The van der Waals surface area contributed by atoms with Crippen molar-refractivity contribution in [3.63, 3.8) is 0 Å². The fourth-order valence-corrected chi connectivity index (χ4v) is 2.48. The molecule has 2 rings (SSSR count). The average molecular weight is 246 g/mol. The number of aryl methyl sites for hydroxylation is 1. The number of furan rings is 1. The van der Waals surface area contributed by atoms with E-state index in [0.717, 1.165) is 44.1 Å². The van der Waals surface area contributed by atoms with Crippen molar-refractivity contribution in [1.29, 1.82) is 5.26 Å². The number of amides is 1. The molecule has 1 saturated carbocycles. The molecule has 0 saturated heterocycles. The van der Waals surface area contributed by atoms with E-state index in [-0.39, 0.29) is 5.91 Å². The highest BCUT2D eigenvalue weighted by molar-refractivity contribution is 5.93. The van der Waals surface area contributed by atoms with Gasteiger partial charge in [0.1, 0.15) is 5.54 Å². The number of nitrogens with zero attached hydrogens (tertiary/aromatic N) is 1. The Morgan fingerprint density at radius 3 is 2.56 bits per heavy atom. The molecule has 18 heavy (non-hydrogen) atoms. The van der Waals surface area contributed by atoms with Crippen LogP contribution in [0.3, 0.4) is 0 Å². The number of nitriles is 1. The first-order chi connectivity index (χ1) is 8.67. The zero-order valence-electron chi connectivity index (χ0n) is 10.7. The summed E-state index contributed by atoms with van der Waals surface area (Å²) in [4.78, 5) is 12.1. The van der Waals surface area contributed by atoms with Crippen LogP contribution in [0.15, 0.2) is 16.7 Å². The van der Waals surface area contributed by atoms with Crippen molar-refractivity contribution in [2.75, 3.05) is 0 Å². The molecule has 1 aromatic rings. The highest BCUT2D eigenvalue weighted by Crippen LogP contribution is 2.27. The van der Waals surface area contributed by atoms with Crippen LogP contribution in [0.4, 0.5) is 0 Å². The average Bonchev–Trinajstić information content (AvgIpc) is 2.66. The van der Waals surface area contributed by atoms with Crippen LogP contribution in [-0.2, 0) is 0 Å². The Hall–Kier alpha value is -1.76. The summed E-state index contributed by atoms with van der Waals surface area (Å²) in [7, 11) is 0. The minimum Gasteiger partial charge on any atom is -0.459 e. The Morgan fingerprint density at radius 1 is 1.39 bits per heavy atom. The molecule has 0 atom stereocenters. The predicted octanol–water partition coefficient (Wildman–Crippen LogP) is 2.93. The molecule has 1 fully saturated rings. The molecular formula is C14H18N2O2. The van der Waals surface area contributed by atoms with Gasteiger partial charge < -0.3 is 9.73 Å². The van der Waals surface area contributed by atoms with Crippen molar-refractivity contribution in [3.05, 3.63) is 23.7 Å². The van der Waals surface area contributed by atoms with Gasteiger partial charge in [0.25, 0.3) is 5.91 Å². The minimum absolute atomic E-state index is 0.277. The van der Waals surface area contributed by atoms with Gasteiger partial charge in [-0.05, 0) is 25.8 Å². The number of hydrogen-bond donors (Lipinski definition) is 1. The molecule has 4 nitrogen and oxygen atoms in total. The summed E-state index contributed by atoms with van der Waals surface area (Å²) in [6.45, 7) is 1.82. The smallest absolute Gasteiger partial charge is 0.288 e. The van der Waals surface area contributed by atoms with E-state index in [4.69, 9.17) is 4.42 Å². The number of nitrogens with one attached hydrogen (secondary N) is 1. The third kappa shape index (κ3) is 2.56. The van der Waals surface area contributed by atoms with Crippen LogP contribution in [-0.4, -0.2) is 11.4 Å². The minimum atomic E-state index is -0.715. The van der Waals surface area contributed by atoms with Gasteiger partial charge >= 0.3 is 0 Å². The number of carbonyl (C=O) groups excluding carboxylic acids is 1. The van der Waals surface area contributed by atoms with Gasteiger partial charge in [-0.3, -0.25) is 4.79 Å². The summed E-state index contributed by atoms with van der Waals surface area (Å²) < 4.78 is 5.17. The normalized spacial score (nSPS) is 18.7. The van der Waals surface area contributed by atoms with Crippen molar-refractivity contribution in [3.8, 4) is 6.07 Å². The Morgan fingerprint density at radius 2 is 2.06 bits per heavy atom. The van der Waals surface area contributed by atoms with E-state index in [1.807, 2.05) is 6.92 Å². The van der Waals surface area contributed by atoms with Crippen LogP contribution in [0.1, 0.15) is 54.6 Å². The van der Waals surface area contributed by atoms with Crippen LogP contribution in [0.5, 0.6) is 0 Å². The van der Waals surface area contributed by atoms with E-state index in [0.29, 0.717) is 5.76 Å². The first kappa shape index (κ1) is 12.7. The van der Waals surface area contributed by atoms with Crippen molar-refractivity contribution < 1.29 is 9.21 Å². The van der Waals surface area contributed by atoms with Gasteiger partial charge in [-0.1, -0.05) is 25.7 Å². The summed E-state index contributed by atoms with van der Waals surface area (Å²) in [6.07, 6.45) is 7.22. The summed E-state index contributed by atoms with van der Waals surface area (Å²) in [5.41, 5.74) is 0.0847. The molecule has 0 spiro atoms. The number of rotatable bonds is 2. The van der Waals surface area contributed by atoms with Gasteiger partial charge in [-0.15, -0.1) is 0 Å². The second-order valence-electron chi connectivity index (χ2n) is 4.99. The molecule has 0 radical (unpaired) electrons. The summed E-state index contributed by atoms with van der Waals surface area (Å²) in [5.74, 6) is 0.0369. The number of hydrogen-bond acceptors (Lipinski definition) is 3. The molecule has 1 aliphatic rings. The Bertz CT molecular complexity index is 462. The molecule has 1 amide bonds. The van der Waals surface area contributed by atoms with Crippen LogP contribution in [0, 0.1) is 18.3 Å². The monoisotopic (exact) mass is 246 g/mol. The van der Waals surface area contributed by atoms with Crippen molar-refractivity contribution in [2.45, 2.75) is 51.0 Å². The van der Waals surface area contributed by atoms with Gasteiger partial charge in [-0.25, -0.2) is 0 Å². The van der Waals surface area contributed by atoms with E-state index in [9.17, 15) is 10.1 Å². The lowest BCUT2D eigenvalue weighted by Crippen LogP contribution is -2.47. The molecule has 0 bridgehead atoms. The highest BCUT2D eigenvalue weighted by Gasteiger charge is 2.33. The summed E-state index contributed by atoms with van der Waals surface area (Å²) >= 11 is 0. The lowest BCUT2D eigenvalue weighted by atomic mass is 9.91. The fourth-order valence-electron chi connectivity index (χ4n) is 2.48. The third-order valence-corrected chi connectivity index (χ3v) is 3.59. The van der Waals surface area contributed by atoms with Crippen molar-refractivity contribution in [1.82, 2.24) is 5.32 Å². The SMILES string of the molecule is Cc1ccoc1C(=O)NC1(C#N)CCCCCC1. The van der Waals surface area contributed by atoms with E-state index in [2.05, 4.69) is 11.4 Å². The second-order valence-corrected chi connectivity index (χ2v) is 4.99. The standard InChI is InChI=1S/C14H18N2O2/c1-11-6-9-18-12(11)13(17)16-14(10-15)7-4-2-3-5-8-14/h6,9H,2-5,7-8H2,1H3,(H,16,17). The molecule has 1 N–H and O–H groups in total. The van der Waals surface area contributed by atoms with E-state index < -0.39 is 5.54 Å². The molecule has 4 heteroatoms. The fraction of sp³-hybridized carbons (Fsp3) is 0.571. The summed E-state index contributed by atoms with van der Waals surface area (Å²) in [6, 6.07) is 4.05. The Labute approximate surface area is 107 Å². The van der Waals surface area contributed by atoms with Crippen molar-refractivity contribution in [2.24, 2.45) is 0 Å². The Kier molecular flexibility index (Phi) is 3.71. The van der Waals surface area contributed by atoms with Crippen LogP contribution >= 0.6 is 0 Å². The molecule has 1 aromatic heterocycles. The van der Waals surface area contributed by atoms with Gasteiger partial charge in [0.05, 0.1) is 12.3 Å². The predicted molar refractivity (Wildman–Crippen MR) is 67.0 cm³/mol. The molecule has 96 valence electrons.